The second-order valence-corrected chi connectivity index (χ2v) is 6.68. The van der Waals surface area contributed by atoms with Gasteiger partial charge < -0.3 is 5.73 Å². The van der Waals surface area contributed by atoms with Crippen molar-refractivity contribution in [3.8, 4) is 0 Å². The number of thiazole rings is 2. The largest absolute Gasteiger partial charge is 0.323 e. The Morgan fingerprint density at radius 3 is 3.06 bits per heavy atom. The van der Waals surface area contributed by atoms with Crippen LogP contribution in [0.1, 0.15) is 45.2 Å². The van der Waals surface area contributed by atoms with Gasteiger partial charge in [0.25, 0.3) is 0 Å². The van der Waals surface area contributed by atoms with Gasteiger partial charge in [-0.05, 0) is 26.2 Å². The van der Waals surface area contributed by atoms with E-state index in [0.29, 0.717) is 0 Å². The van der Waals surface area contributed by atoms with Crippen LogP contribution < -0.4 is 5.73 Å². The van der Waals surface area contributed by atoms with Crippen molar-refractivity contribution in [3.05, 3.63) is 31.7 Å². The van der Waals surface area contributed by atoms with E-state index in [1.54, 1.807) is 11.3 Å². The highest BCUT2D eigenvalue weighted by Gasteiger charge is 2.21. The molecule has 1 aliphatic rings. The maximum Gasteiger partial charge on any atom is 0.0991 e. The van der Waals surface area contributed by atoms with Gasteiger partial charge in [0, 0.05) is 22.7 Å². The minimum Gasteiger partial charge on any atom is -0.323 e. The first-order valence-electron chi connectivity index (χ1n) is 5.87. The summed E-state index contributed by atoms with van der Waals surface area (Å²) in [6.07, 6.45) is 4.28. The van der Waals surface area contributed by atoms with Crippen molar-refractivity contribution in [1.29, 1.82) is 0 Å². The van der Waals surface area contributed by atoms with Gasteiger partial charge in [-0.15, -0.1) is 22.7 Å². The lowest BCUT2D eigenvalue weighted by molar-refractivity contribution is 0.562. The predicted octanol–water partition coefficient (Wildman–Crippen LogP) is 2.83. The summed E-state index contributed by atoms with van der Waals surface area (Å²) in [4.78, 5) is 10.6. The summed E-state index contributed by atoms with van der Waals surface area (Å²) in [7, 11) is 0. The van der Waals surface area contributed by atoms with Crippen LogP contribution in [0.5, 0.6) is 0 Å². The maximum atomic E-state index is 6.09. The zero-order chi connectivity index (χ0) is 11.8. The van der Waals surface area contributed by atoms with E-state index in [4.69, 9.17) is 10.7 Å². The summed E-state index contributed by atoms with van der Waals surface area (Å²) in [6.45, 7) is 2.04. The first-order valence-corrected chi connectivity index (χ1v) is 7.57. The quantitative estimate of drug-likeness (QED) is 0.908. The van der Waals surface area contributed by atoms with E-state index in [1.165, 1.54) is 11.3 Å². The minimum atomic E-state index is 0.154. The van der Waals surface area contributed by atoms with Crippen LogP contribution in [-0.4, -0.2) is 9.97 Å². The molecule has 0 radical (unpaired) electrons. The zero-order valence-electron chi connectivity index (χ0n) is 9.77. The molecule has 0 amide bonds. The van der Waals surface area contributed by atoms with Gasteiger partial charge in [0.2, 0.25) is 0 Å². The highest BCUT2D eigenvalue weighted by atomic mass is 32.1. The summed E-state index contributed by atoms with van der Waals surface area (Å²) in [5, 5.41) is 4.41. The van der Waals surface area contributed by atoms with Gasteiger partial charge in [-0.2, -0.15) is 0 Å². The molecule has 90 valence electrons. The fraction of sp³-hybridized carbons (Fsp3) is 0.500. The predicted molar refractivity (Wildman–Crippen MR) is 71.6 cm³/mol. The molecule has 0 aliphatic heterocycles. The Morgan fingerprint density at radius 2 is 2.35 bits per heavy atom. The van der Waals surface area contributed by atoms with Crippen LogP contribution in [0.2, 0.25) is 0 Å². The molecule has 0 bridgehead atoms. The van der Waals surface area contributed by atoms with Gasteiger partial charge in [0.05, 0.1) is 21.4 Å². The van der Waals surface area contributed by atoms with Crippen LogP contribution in [0.3, 0.4) is 0 Å². The Balaban J connectivity index is 1.85. The summed E-state index contributed by atoms with van der Waals surface area (Å²) < 4.78 is 0. The van der Waals surface area contributed by atoms with Crippen LogP contribution in [0, 0.1) is 6.92 Å². The number of hydrogen-bond acceptors (Lipinski definition) is 5. The second-order valence-electron chi connectivity index (χ2n) is 4.45. The first kappa shape index (κ1) is 11.3. The first-order chi connectivity index (χ1) is 8.22. The van der Waals surface area contributed by atoms with Gasteiger partial charge in [-0.25, -0.2) is 9.97 Å². The highest BCUT2D eigenvalue weighted by Crippen LogP contribution is 2.32. The van der Waals surface area contributed by atoms with Crippen molar-refractivity contribution >= 4 is 22.7 Å². The maximum absolute atomic E-state index is 6.09. The Labute approximate surface area is 109 Å². The molecule has 0 saturated heterocycles. The zero-order valence-corrected chi connectivity index (χ0v) is 11.4. The molecule has 17 heavy (non-hydrogen) atoms. The average molecular weight is 265 g/mol. The molecule has 1 unspecified atom stereocenters. The van der Waals surface area contributed by atoms with Crippen molar-refractivity contribution in [1.82, 2.24) is 9.97 Å². The van der Waals surface area contributed by atoms with Crippen LogP contribution in [-0.2, 0) is 12.8 Å². The molecule has 5 heteroatoms. The summed E-state index contributed by atoms with van der Waals surface area (Å²) >= 11 is 3.52. The molecule has 0 fully saturated rings. The topological polar surface area (TPSA) is 51.8 Å². The van der Waals surface area contributed by atoms with Crippen molar-refractivity contribution < 1.29 is 0 Å². The smallest absolute Gasteiger partial charge is 0.0991 e. The van der Waals surface area contributed by atoms with E-state index in [2.05, 4.69) is 10.4 Å². The highest BCUT2D eigenvalue weighted by molar-refractivity contribution is 7.11. The number of aryl methyl sites for hydroxylation is 2. The van der Waals surface area contributed by atoms with Gasteiger partial charge in [0.1, 0.15) is 0 Å². The Bertz CT molecular complexity index is 530. The monoisotopic (exact) mass is 265 g/mol. The molecule has 1 aliphatic carbocycles. The Kier molecular flexibility index (Phi) is 2.98. The number of rotatable bonds is 2. The SMILES string of the molecule is Cc1nc(Cc2nc3c(s2)CCCC3N)cs1. The average Bonchev–Trinajstić information content (AvgIpc) is 2.86. The number of aromatic nitrogens is 2. The third kappa shape index (κ3) is 2.27. The number of hydrogen-bond donors (Lipinski definition) is 1. The normalized spacial score (nSPS) is 19.3. The van der Waals surface area contributed by atoms with E-state index >= 15 is 0 Å². The fourth-order valence-electron chi connectivity index (χ4n) is 2.22. The van der Waals surface area contributed by atoms with Crippen molar-refractivity contribution in [2.75, 3.05) is 0 Å². The lowest BCUT2D eigenvalue weighted by Gasteiger charge is -2.15. The molecular formula is C12H15N3S2. The van der Waals surface area contributed by atoms with Crippen molar-refractivity contribution in [3.63, 3.8) is 0 Å². The molecule has 2 heterocycles. The van der Waals surface area contributed by atoms with Crippen LogP contribution >= 0.6 is 22.7 Å². The minimum absolute atomic E-state index is 0.154. The summed E-state index contributed by atoms with van der Waals surface area (Å²) in [5.41, 5.74) is 8.36. The Hall–Kier alpha value is -0.780. The number of nitrogens with two attached hydrogens (primary N) is 1. The fourth-order valence-corrected chi connectivity index (χ4v) is 4.03. The molecule has 0 aromatic carbocycles. The van der Waals surface area contributed by atoms with Crippen LogP contribution in [0.15, 0.2) is 5.38 Å². The third-order valence-corrected chi connectivity index (χ3v) is 4.99. The van der Waals surface area contributed by atoms with Crippen molar-refractivity contribution in [2.24, 2.45) is 5.73 Å². The molecule has 1 atom stereocenters. The van der Waals surface area contributed by atoms with Gasteiger partial charge in [-0.3, -0.25) is 0 Å². The molecule has 2 aromatic rings. The lowest BCUT2D eigenvalue weighted by Crippen LogP contribution is -2.16. The van der Waals surface area contributed by atoms with Crippen LogP contribution in [0.25, 0.3) is 0 Å². The lowest BCUT2D eigenvalue weighted by atomic mass is 9.99. The molecule has 2 aromatic heterocycles. The van der Waals surface area contributed by atoms with E-state index in [-0.39, 0.29) is 6.04 Å². The molecular weight excluding hydrogens is 250 g/mol. The van der Waals surface area contributed by atoms with Gasteiger partial charge in [-0.1, -0.05) is 0 Å². The molecule has 3 rings (SSSR count). The molecule has 0 saturated carbocycles. The van der Waals surface area contributed by atoms with E-state index in [1.807, 2.05) is 18.3 Å². The Morgan fingerprint density at radius 1 is 1.47 bits per heavy atom. The molecule has 0 spiro atoms. The van der Waals surface area contributed by atoms with Gasteiger partial charge >= 0.3 is 0 Å². The van der Waals surface area contributed by atoms with E-state index in [9.17, 15) is 0 Å². The molecule has 3 nitrogen and oxygen atoms in total. The second kappa shape index (κ2) is 4.48. The van der Waals surface area contributed by atoms with Gasteiger partial charge in [0.15, 0.2) is 0 Å². The molecule has 2 N–H and O–H groups in total. The van der Waals surface area contributed by atoms with E-state index in [0.717, 1.165) is 40.7 Å². The van der Waals surface area contributed by atoms with Crippen molar-refractivity contribution in [2.45, 2.75) is 38.6 Å². The van der Waals surface area contributed by atoms with E-state index < -0.39 is 0 Å². The summed E-state index contributed by atoms with van der Waals surface area (Å²) in [6, 6.07) is 0.154. The summed E-state index contributed by atoms with van der Waals surface area (Å²) in [5.74, 6) is 0. The number of fused-ring (bicyclic) bond motifs is 1. The third-order valence-electron chi connectivity index (χ3n) is 3.04. The number of nitrogens with zero attached hydrogens (tertiary/aromatic N) is 2. The standard InChI is InChI=1S/C12H15N3S2/c1-7-14-8(6-16-7)5-11-15-12-9(13)3-2-4-10(12)17-11/h6,9H,2-5,13H2,1H3. The van der Waals surface area contributed by atoms with Crippen LogP contribution in [0.4, 0.5) is 0 Å².